The Morgan fingerprint density at radius 1 is 1.08 bits per heavy atom. The zero-order chi connectivity index (χ0) is 37.7. The number of carbonyl (C=O) groups is 4. The first kappa shape index (κ1) is 37.8. The van der Waals surface area contributed by atoms with E-state index in [0.717, 1.165) is 0 Å². The second kappa shape index (κ2) is 13.6. The number of methoxy groups -OCH3 is 1. The average molecular weight is 729 g/mol. The normalized spacial score (nSPS) is 23.9. The van der Waals surface area contributed by atoms with Crippen molar-refractivity contribution in [2.45, 2.75) is 109 Å². The van der Waals surface area contributed by atoms with E-state index in [-0.39, 0.29) is 25.3 Å². The largest absolute Gasteiger partial charge is 0.497 e. The molecule has 51 heavy (non-hydrogen) atoms. The summed E-state index contributed by atoms with van der Waals surface area (Å²) in [4.78, 5) is 65.5. The number of aromatic nitrogens is 2. The van der Waals surface area contributed by atoms with E-state index in [2.05, 4.69) is 31.9 Å². The third kappa shape index (κ3) is 8.37. The minimum atomic E-state index is -3.90. The Bertz CT molecular complexity index is 1850. The highest BCUT2D eigenvalue weighted by molar-refractivity contribution is 7.91. The van der Waals surface area contributed by atoms with Gasteiger partial charge in [-0.25, -0.2) is 23.2 Å². The molecule has 15 nitrogen and oxygen atoms in total. The lowest BCUT2D eigenvalue weighted by Gasteiger charge is -2.36. The average Bonchev–Trinajstić information content (AvgIpc) is 3.95. The number of nitrogens with one attached hydrogen (secondary N) is 3. The molecule has 0 unspecified atom stereocenters. The van der Waals surface area contributed by atoms with Gasteiger partial charge in [0.25, 0.3) is 5.91 Å². The van der Waals surface area contributed by atoms with Gasteiger partial charge in [0.1, 0.15) is 40.8 Å². The molecule has 3 N–H and O–H groups in total. The molecule has 1 aromatic heterocycles. The predicted octanol–water partition coefficient (Wildman–Crippen LogP) is 2.90. The first-order chi connectivity index (χ1) is 23.7. The number of rotatable bonds is 11. The molecular formula is C35H48N6O9S. The van der Waals surface area contributed by atoms with Crippen LogP contribution in [0.15, 0.2) is 30.9 Å². The van der Waals surface area contributed by atoms with Crippen molar-refractivity contribution in [3.05, 3.63) is 36.5 Å². The summed E-state index contributed by atoms with van der Waals surface area (Å²) in [5, 5.41) is 4.81. The van der Waals surface area contributed by atoms with E-state index in [1.54, 1.807) is 66.7 Å². The first-order valence-electron chi connectivity index (χ1n) is 17.0. The van der Waals surface area contributed by atoms with Crippen LogP contribution in [0.1, 0.15) is 72.9 Å². The van der Waals surface area contributed by atoms with Crippen LogP contribution in [0.5, 0.6) is 11.6 Å². The van der Waals surface area contributed by atoms with E-state index in [0.29, 0.717) is 35.3 Å². The predicted molar refractivity (Wildman–Crippen MR) is 187 cm³/mol. The molecule has 2 heterocycles. The molecular weight excluding hydrogens is 680 g/mol. The number of aryl methyl sites for hydroxylation is 1. The number of sulfonamides is 1. The Labute approximate surface area is 298 Å². The molecule has 0 spiro atoms. The van der Waals surface area contributed by atoms with Gasteiger partial charge in [-0.3, -0.25) is 19.1 Å². The van der Waals surface area contributed by atoms with Gasteiger partial charge in [0.15, 0.2) is 0 Å². The number of fused-ring (bicyclic) bond motifs is 1. The molecule has 3 aliphatic rings. The van der Waals surface area contributed by atoms with Gasteiger partial charge in [-0.1, -0.05) is 26.8 Å². The van der Waals surface area contributed by atoms with Gasteiger partial charge in [-0.15, -0.1) is 6.58 Å². The quantitative estimate of drug-likeness (QED) is 0.288. The summed E-state index contributed by atoms with van der Waals surface area (Å²) in [7, 11) is -2.36. The maximum absolute atomic E-state index is 14.4. The molecule has 2 aliphatic carbocycles. The Hall–Kier alpha value is -4.47. The lowest BCUT2D eigenvalue weighted by atomic mass is 9.85. The molecule has 3 fully saturated rings. The van der Waals surface area contributed by atoms with Crippen molar-refractivity contribution in [3.8, 4) is 11.6 Å². The summed E-state index contributed by atoms with van der Waals surface area (Å²) in [6.45, 7) is 15.8. The lowest BCUT2D eigenvalue weighted by Crippen LogP contribution is -2.60. The van der Waals surface area contributed by atoms with Gasteiger partial charge in [0.2, 0.25) is 27.7 Å². The molecule has 278 valence electrons. The summed E-state index contributed by atoms with van der Waals surface area (Å²) < 4.78 is 44.6. The summed E-state index contributed by atoms with van der Waals surface area (Å²) in [5.74, 6) is -1.87. The standard InChI is InChI=1S/C35H48N6O9S/c1-10-20-17-35(20,31(44)40-51(46,47)23-12-13-23)39-28(42)26-16-22(49-29-19(2)36-24-14-11-21(48-9)15-25(24)37-29)18-41(26)30(43)27(33(3,4)5)38-32(45)50-34(6,7)8/h10-11,14-15,20,22-23,26-27H,1,12-13,16-18H2,2-9H3,(H,38,45)(H,39,42)(H,40,44)/t20-,22-,26+,27-,35-/m1/s1. The summed E-state index contributed by atoms with van der Waals surface area (Å²) >= 11 is 0. The van der Waals surface area contributed by atoms with Crippen LogP contribution in [0.4, 0.5) is 4.79 Å². The van der Waals surface area contributed by atoms with E-state index in [1.165, 1.54) is 18.1 Å². The van der Waals surface area contributed by atoms with Crippen LogP contribution in [0.3, 0.4) is 0 Å². The molecule has 1 aromatic carbocycles. The fourth-order valence-corrected chi connectivity index (χ4v) is 7.50. The smallest absolute Gasteiger partial charge is 0.408 e. The molecule has 0 bridgehead atoms. The van der Waals surface area contributed by atoms with Crippen molar-refractivity contribution in [1.29, 1.82) is 0 Å². The number of hydrogen-bond donors (Lipinski definition) is 3. The molecule has 0 radical (unpaired) electrons. The van der Waals surface area contributed by atoms with Crippen LogP contribution in [-0.2, 0) is 29.1 Å². The van der Waals surface area contributed by atoms with Crippen LogP contribution >= 0.6 is 0 Å². The van der Waals surface area contributed by atoms with Gasteiger partial charge < -0.3 is 29.7 Å². The Morgan fingerprint density at radius 2 is 1.76 bits per heavy atom. The maximum Gasteiger partial charge on any atom is 0.408 e. The lowest BCUT2D eigenvalue weighted by molar-refractivity contribution is -0.143. The number of hydrogen-bond acceptors (Lipinski definition) is 11. The monoisotopic (exact) mass is 728 g/mol. The second-order valence-corrected chi connectivity index (χ2v) is 17.5. The SMILES string of the molecule is C=C[C@@H]1C[C@]1(NC(=O)[C@@H]1C[C@@H](Oc2nc3cc(OC)ccc3nc2C)CN1C(=O)[C@@H](NC(=O)OC(C)(C)C)C(C)(C)C)C(=O)NS(=O)(=O)C1CC1. The number of benzene rings is 1. The van der Waals surface area contributed by atoms with E-state index in [1.807, 2.05) is 0 Å². The van der Waals surface area contributed by atoms with Crippen LogP contribution in [0, 0.1) is 18.3 Å². The minimum Gasteiger partial charge on any atom is -0.497 e. The van der Waals surface area contributed by atoms with Crippen molar-refractivity contribution >= 4 is 44.9 Å². The summed E-state index contributed by atoms with van der Waals surface area (Å²) in [6, 6.07) is 2.96. The van der Waals surface area contributed by atoms with Crippen LogP contribution < -0.4 is 24.8 Å². The molecule has 5 rings (SSSR count). The number of nitrogens with zero attached hydrogens (tertiary/aromatic N) is 3. The topological polar surface area (TPSA) is 195 Å². The summed E-state index contributed by atoms with van der Waals surface area (Å²) in [5.41, 5.74) is -1.60. The number of amides is 4. The number of alkyl carbamates (subject to hydrolysis) is 1. The molecule has 2 aromatic rings. The van der Waals surface area contributed by atoms with Gasteiger partial charge in [0.05, 0.1) is 29.9 Å². The van der Waals surface area contributed by atoms with Gasteiger partial charge in [-0.2, -0.15) is 0 Å². The van der Waals surface area contributed by atoms with Gasteiger partial charge in [0, 0.05) is 18.4 Å². The Morgan fingerprint density at radius 3 is 2.33 bits per heavy atom. The fourth-order valence-electron chi connectivity index (χ4n) is 6.14. The van der Waals surface area contributed by atoms with Crippen molar-refractivity contribution in [2.75, 3.05) is 13.7 Å². The zero-order valence-electron chi connectivity index (χ0n) is 30.4. The number of ether oxygens (including phenoxy) is 3. The van der Waals surface area contributed by atoms with E-state index in [9.17, 15) is 27.6 Å². The highest BCUT2D eigenvalue weighted by atomic mass is 32.2. The molecule has 4 amide bonds. The van der Waals surface area contributed by atoms with Crippen molar-refractivity contribution in [3.63, 3.8) is 0 Å². The number of carbonyl (C=O) groups excluding carboxylic acids is 4. The van der Waals surface area contributed by atoms with Crippen LogP contribution in [-0.4, -0.2) is 95.3 Å². The minimum absolute atomic E-state index is 0.00499. The first-order valence-corrected chi connectivity index (χ1v) is 18.5. The van der Waals surface area contributed by atoms with Crippen LogP contribution in [0.25, 0.3) is 11.0 Å². The Balaban J connectivity index is 1.45. The van der Waals surface area contributed by atoms with E-state index in [4.69, 9.17) is 14.2 Å². The maximum atomic E-state index is 14.4. The Kier molecular flexibility index (Phi) is 10.1. The molecule has 1 saturated heterocycles. The second-order valence-electron chi connectivity index (χ2n) is 15.6. The third-order valence-electron chi connectivity index (χ3n) is 9.15. The molecule has 5 atom stereocenters. The third-order valence-corrected chi connectivity index (χ3v) is 11.0. The highest BCUT2D eigenvalue weighted by Gasteiger charge is 2.62. The van der Waals surface area contributed by atoms with E-state index >= 15 is 0 Å². The van der Waals surface area contributed by atoms with Gasteiger partial charge >= 0.3 is 6.09 Å². The van der Waals surface area contributed by atoms with Gasteiger partial charge in [-0.05, 0) is 64.5 Å². The molecule has 2 saturated carbocycles. The fraction of sp³-hybridized carbons (Fsp3) is 0.600. The van der Waals surface area contributed by atoms with Crippen molar-refractivity contribution in [2.24, 2.45) is 11.3 Å². The summed E-state index contributed by atoms with van der Waals surface area (Å²) in [6.07, 6.45) is 0.966. The molecule has 1 aliphatic heterocycles. The van der Waals surface area contributed by atoms with Crippen molar-refractivity contribution < 1.29 is 41.8 Å². The van der Waals surface area contributed by atoms with Crippen molar-refractivity contribution in [1.82, 2.24) is 30.2 Å². The molecule has 16 heteroatoms. The van der Waals surface area contributed by atoms with Crippen LogP contribution in [0.2, 0.25) is 0 Å². The highest BCUT2D eigenvalue weighted by Crippen LogP contribution is 2.45. The number of likely N-dealkylation sites (tertiary alicyclic amines) is 1. The van der Waals surface area contributed by atoms with E-state index < -0.39 is 79.7 Å². The zero-order valence-corrected chi connectivity index (χ0v) is 31.2.